The standard InChI is InChI=1S/C19H20BrF2NO3/c1-9-3-13(20)4-10(2)16(9)17-14(24)5-11(18(17)26)6-15(25)23-8-12-7-19(12,21)22/h3-4,11-12,17H,5-8H2,1-2H3,(H,23,25). The first-order valence-electron chi connectivity index (χ1n) is 8.57. The van der Waals surface area contributed by atoms with Gasteiger partial charge in [-0.15, -0.1) is 0 Å². The number of alkyl halides is 2. The highest BCUT2D eigenvalue weighted by molar-refractivity contribution is 9.10. The van der Waals surface area contributed by atoms with Crippen LogP contribution in [0.5, 0.6) is 0 Å². The molecule has 2 aliphatic rings. The second-order valence-electron chi connectivity index (χ2n) is 7.33. The average molecular weight is 428 g/mol. The van der Waals surface area contributed by atoms with Crippen molar-refractivity contribution >= 4 is 33.4 Å². The number of aryl methyl sites for hydroxylation is 2. The van der Waals surface area contributed by atoms with Crippen molar-refractivity contribution in [2.75, 3.05) is 6.54 Å². The van der Waals surface area contributed by atoms with E-state index in [0.29, 0.717) is 5.56 Å². The van der Waals surface area contributed by atoms with Crippen LogP contribution in [-0.4, -0.2) is 29.9 Å². The minimum atomic E-state index is -2.69. The SMILES string of the molecule is Cc1cc(Br)cc(C)c1C1C(=O)CC(CC(=O)NCC2CC2(F)F)C1=O. The first kappa shape index (κ1) is 19.1. The number of nitrogens with one attached hydrogen (secondary N) is 1. The molecule has 0 bridgehead atoms. The lowest BCUT2D eigenvalue weighted by Crippen LogP contribution is -2.30. The van der Waals surface area contributed by atoms with E-state index in [1.807, 2.05) is 26.0 Å². The van der Waals surface area contributed by atoms with Crippen LogP contribution in [0.4, 0.5) is 8.78 Å². The molecule has 4 nitrogen and oxygen atoms in total. The molecule has 0 aliphatic heterocycles. The number of hydrogen-bond donors (Lipinski definition) is 1. The van der Waals surface area contributed by atoms with Crippen molar-refractivity contribution in [3.8, 4) is 0 Å². The summed E-state index contributed by atoms with van der Waals surface area (Å²) in [5.41, 5.74) is 2.41. The fourth-order valence-electron chi connectivity index (χ4n) is 3.73. The molecular weight excluding hydrogens is 408 g/mol. The highest BCUT2D eigenvalue weighted by Crippen LogP contribution is 2.48. The van der Waals surface area contributed by atoms with Gasteiger partial charge in [0.1, 0.15) is 11.7 Å². The number of rotatable bonds is 5. The van der Waals surface area contributed by atoms with Gasteiger partial charge >= 0.3 is 0 Å². The van der Waals surface area contributed by atoms with Crippen LogP contribution in [0.25, 0.3) is 0 Å². The Bertz CT molecular complexity index is 770. The number of Topliss-reactive ketones (excluding diaryl/α,β-unsaturated/α-hetero) is 2. The van der Waals surface area contributed by atoms with Gasteiger partial charge in [-0.25, -0.2) is 8.78 Å². The number of amides is 1. The monoisotopic (exact) mass is 427 g/mol. The van der Waals surface area contributed by atoms with Crippen LogP contribution >= 0.6 is 15.9 Å². The highest BCUT2D eigenvalue weighted by Gasteiger charge is 2.56. The van der Waals surface area contributed by atoms with E-state index in [2.05, 4.69) is 21.2 Å². The van der Waals surface area contributed by atoms with Gasteiger partial charge in [-0.2, -0.15) is 0 Å². The number of hydrogen-bond acceptors (Lipinski definition) is 3. The summed E-state index contributed by atoms with van der Waals surface area (Å²) in [7, 11) is 0. The van der Waals surface area contributed by atoms with E-state index in [1.165, 1.54) is 0 Å². The van der Waals surface area contributed by atoms with Crippen molar-refractivity contribution in [2.45, 2.75) is 45.0 Å². The maximum atomic E-state index is 12.9. The van der Waals surface area contributed by atoms with Gasteiger partial charge in [-0.1, -0.05) is 15.9 Å². The lowest BCUT2D eigenvalue weighted by Gasteiger charge is -2.16. The molecule has 0 spiro atoms. The van der Waals surface area contributed by atoms with Crippen molar-refractivity contribution < 1.29 is 23.2 Å². The van der Waals surface area contributed by atoms with Gasteiger partial charge in [0.2, 0.25) is 5.91 Å². The van der Waals surface area contributed by atoms with E-state index in [-0.39, 0.29) is 37.4 Å². The van der Waals surface area contributed by atoms with Crippen molar-refractivity contribution in [3.63, 3.8) is 0 Å². The number of halogens is 3. The molecule has 3 unspecified atom stereocenters. The number of benzene rings is 1. The number of carbonyl (C=O) groups is 3. The summed E-state index contributed by atoms with van der Waals surface area (Å²) in [5.74, 6) is -5.92. The Hall–Kier alpha value is -1.63. The summed E-state index contributed by atoms with van der Waals surface area (Å²) in [6, 6.07) is 3.72. The molecule has 0 heterocycles. The third-order valence-electron chi connectivity index (χ3n) is 5.24. The second-order valence-corrected chi connectivity index (χ2v) is 8.24. The Morgan fingerprint density at radius 2 is 1.85 bits per heavy atom. The Morgan fingerprint density at radius 1 is 1.27 bits per heavy atom. The molecule has 0 aromatic heterocycles. The first-order valence-corrected chi connectivity index (χ1v) is 9.37. The van der Waals surface area contributed by atoms with Crippen molar-refractivity contribution in [1.29, 1.82) is 0 Å². The molecule has 3 rings (SSSR count). The van der Waals surface area contributed by atoms with Gasteiger partial charge in [0.25, 0.3) is 5.92 Å². The van der Waals surface area contributed by atoms with Gasteiger partial charge in [-0.3, -0.25) is 14.4 Å². The molecule has 0 radical (unpaired) electrons. The van der Waals surface area contributed by atoms with Gasteiger partial charge < -0.3 is 5.32 Å². The molecule has 1 N–H and O–H groups in total. The van der Waals surface area contributed by atoms with Crippen LogP contribution in [0.2, 0.25) is 0 Å². The topological polar surface area (TPSA) is 63.2 Å². The lowest BCUT2D eigenvalue weighted by atomic mass is 9.87. The van der Waals surface area contributed by atoms with E-state index < -0.39 is 29.6 Å². The lowest BCUT2D eigenvalue weighted by molar-refractivity contribution is -0.128. The minimum Gasteiger partial charge on any atom is -0.356 e. The molecule has 2 fully saturated rings. The highest BCUT2D eigenvalue weighted by atomic mass is 79.9. The molecule has 1 amide bonds. The quantitative estimate of drug-likeness (QED) is 0.731. The fourth-order valence-corrected chi connectivity index (χ4v) is 4.42. The molecule has 26 heavy (non-hydrogen) atoms. The summed E-state index contributed by atoms with van der Waals surface area (Å²) in [4.78, 5) is 37.2. The maximum Gasteiger partial charge on any atom is 0.253 e. The summed E-state index contributed by atoms with van der Waals surface area (Å²) in [6.45, 7) is 3.61. The second kappa shape index (κ2) is 6.83. The third-order valence-corrected chi connectivity index (χ3v) is 5.69. The van der Waals surface area contributed by atoms with E-state index in [0.717, 1.165) is 15.6 Å². The Morgan fingerprint density at radius 3 is 2.38 bits per heavy atom. The molecule has 3 atom stereocenters. The number of carbonyl (C=O) groups excluding carboxylic acids is 3. The Balaban J connectivity index is 1.66. The van der Waals surface area contributed by atoms with Crippen molar-refractivity contribution in [2.24, 2.45) is 11.8 Å². The summed E-state index contributed by atoms with van der Waals surface area (Å²) >= 11 is 3.40. The number of ketones is 2. The third kappa shape index (κ3) is 3.72. The van der Waals surface area contributed by atoms with Crippen LogP contribution in [0, 0.1) is 25.7 Å². The minimum absolute atomic E-state index is 0.0193. The van der Waals surface area contributed by atoms with Crippen LogP contribution in [0.3, 0.4) is 0 Å². The van der Waals surface area contributed by atoms with Crippen LogP contribution in [0.15, 0.2) is 16.6 Å². The molecule has 0 saturated heterocycles. The maximum absolute atomic E-state index is 12.9. The van der Waals surface area contributed by atoms with Crippen LogP contribution in [0.1, 0.15) is 41.9 Å². The van der Waals surface area contributed by atoms with Crippen LogP contribution in [-0.2, 0) is 14.4 Å². The van der Waals surface area contributed by atoms with E-state index in [4.69, 9.17) is 0 Å². The molecule has 2 saturated carbocycles. The summed E-state index contributed by atoms with van der Waals surface area (Å²) in [6.07, 6.45) is -0.322. The summed E-state index contributed by atoms with van der Waals surface area (Å²) < 4.78 is 26.6. The van der Waals surface area contributed by atoms with Gasteiger partial charge in [0.05, 0.1) is 0 Å². The molecule has 2 aliphatic carbocycles. The zero-order chi connectivity index (χ0) is 19.2. The predicted octanol–water partition coefficient (Wildman–Crippen LogP) is 3.47. The van der Waals surface area contributed by atoms with Gasteiger partial charge in [-0.05, 0) is 42.7 Å². The van der Waals surface area contributed by atoms with Crippen LogP contribution < -0.4 is 5.32 Å². The first-order chi connectivity index (χ1) is 12.1. The molecule has 140 valence electrons. The Labute approximate surface area is 158 Å². The molecular formula is C19H20BrF2NO3. The van der Waals surface area contributed by atoms with Gasteiger partial charge in [0, 0.05) is 42.1 Å². The average Bonchev–Trinajstić information content (AvgIpc) is 3.05. The zero-order valence-electron chi connectivity index (χ0n) is 14.6. The molecule has 1 aromatic rings. The van der Waals surface area contributed by atoms with Gasteiger partial charge in [0.15, 0.2) is 5.78 Å². The zero-order valence-corrected chi connectivity index (χ0v) is 16.2. The van der Waals surface area contributed by atoms with E-state index in [9.17, 15) is 23.2 Å². The Kier molecular flexibility index (Phi) is 5.03. The largest absolute Gasteiger partial charge is 0.356 e. The van der Waals surface area contributed by atoms with E-state index >= 15 is 0 Å². The van der Waals surface area contributed by atoms with Crippen molar-refractivity contribution in [1.82, 2.24) is 5.32 Å². The summed E-state index contributed by atoms with van der Waals surface area (Å²) in [5, 5.41) is 2.46. The van der Waals surface area contributed by atoms with E-state index in [1.54, 1.807) is 0 Å². The molecule has 7 heteroatoms. The predicted molar refractivity (Wildman–Crippen MR) is 95.2 cm³/mol. The normalized spacial score (nSPS) is 26.9. The molecule has 1 aromatic carbocycles. The smallest absolute Gasteiger partial charge is 0.253 e. The fraction of sp³-hybridized carbons (Fsp3) is 0.526. The van der Waals surface area contributed by atoms with Crippen molar-refractivity contribution in [3.05, 3.63) is 33.3 Å².